The molecule has 0 saturated carbocycles. The molecule has 3 nitrogen and oxygen atoms in total. The van der Waals surface area contributed by atoms with Crippen LogP contribution in [0.5, 0.6) is 5.75 Å². The number of aryl methyl sites for hydroxylation is 1. The van der Waals surface area contributed by atoms with Crippen LogP contribution in [0.4, 0.5) is 0 Å². The minimum absolute atomic E-state index is 0.350. The van der Waals surface area contributed by atoms with Gasteiger partial charge in [-0.2, -0.15) is 0 Å². The van der Waals surface area contributed by atoms with Crippen LogP contribution in [0.25, 0.3) is 10.9 Å². The first-order chi connectivity index (χ1) is 7.63. The molecule has 1 aromatic carbocycles. The second-order valence-corrected chi connectivity index (χ2v) is 4.33. The van der Waals surface area contributed by atoms with Crippen LogP contribution in [0.2, 0.25) is 0 Å². The van der Waals surface area contributed by atoms with E-state index in [-0.39, 0.29) is 0 Å². The van der Waals surface area contributed by atoms with Crippen molar-refractivity contribution in [2.75, 3.05) is 7.05 Å². The van der Waals surface area contributed by atoms with E-state index in [1.807, 2.05) is 24.7 Å². The summed E-state index contributed by atoms with van der Waals surface area (Å²) in [5.41, 5.74) is 2.19. The maximum absolute atomic E-state index is 9.82. The van der Waals surface area contributed by atoms with Crippen molar-refractivity contribution in [3.05, 3.63) is 30.0 Å². The molecule has 0 amide bonds. The van der Waals surface area contributed by atoms with Gasteiger partial charge < -0.3 is 15.0 Å². The fourth-order valence-electron chi connectivity index (χ4n) is 2.12. The smallest absolute Gasteiger partial charge is 0.139 e. The molecule has 2 rings (SSSR count). The van der Waals surface area contributed by atoms with Crippen molar-refractivity contribution in [1.29, 1.82) is 0 Å². The Morgan fingerprint density at radius 2 is 2.19 bits per heavy atom. The Balaban J connectivity index is 2.51. The van der Waals surface area contributed by atoms with Crippen molar-refractivity contribution in [2.24, 2.45) is 7.05 Å². The number of benzene rings is 1. The zero-order valence-electron chi connectivity index (χ0n) is 9.99. The lowest BCUT2D eigenvalue weighted by Crippen LogP contribution is -2.23. The number of hydrogen-bond acceptors (Lipinski definition) is 2. The maximum Gasteiger partial charge on any atom is 0.139 e. The van der Waals surface area contributed by atoms with Gasteiger partial charge in [0.2, 0.25) is 0 Å². The molecular formula is C13H18N2O. The second-order valence-electron chi connectivity index (χ2n) is 4.33. The van der Waals surface area contributed by atoms with E-state index in [1.165, 1.54) is 5.56 Å². The van der Waals surface area contributed by atoms with Crippen LogP contribution in [-0.4, -0.2) is 22.8 Å². The van der Waals surface area contributed by atoms with Crippen molar-refractivity contribution >= 4 is 10.9 Å². The van der Waals surface area contributed by atoms with Gasteiger partial charge in [-0.05, 0) is 32.0 Å². The lowest BCUT2D eigenvalue weighted by atomic mass is 10.1. The average molecular weight is 218 g/mol. The largest absolute Gasteiger partial charge is 0.506 e. The number of fused-ring (bicyclic) bond motifs is 1. The summed E-state index contributed by atoms with van der Waals surface area (Å²) in [4.78, 5) is 0. The molecule has 0 bridgehead atoms. The molecule has 0 aliphatic rings. The highest BCUT2D eigenvalue weighted by Gasteiger charge is 2.11. The highest BCUT2D eigenvalue weighted by Crippen LogP contribution is 2.28. The molecule has 1 atom stereocenters. The quantitative estimate of drug-likeness (QED) is 0.827. The van der Waals surface area contributed by atoms with Gasteiger partial charge in [0.05, 0.1) is 5.52 Å². The molecule has 1 heterocycles. The van der Waals surface area contributed by atoms with Crippen LogP contribution in [0.3, 0.4) is 0 Å². The third-order valence-electron chi connectivity index (χ3n) is 3.08. The number of likely N-dealkylation sites (N-methyl/N-ethyl adjacent to an activating group) is 1. The molecule has 0 fully saturated rings. The summed E-state index contributed by atoms with van der Waals surface area (Å²) in [6, 6.07) is 6.12. The monoisotopic (exact) mass is 218 g/mol. The molecule has 1 aromatic heterocycles. The van der Waals surface area contributed by atoms with Gasteiger partial charge in [0, 0.05) is 24.7 Å². The van der Waals surface area contributed by atoms with E-state index >= 15 is 0 Å². The molecule has 3 heteroatoms. The number of aromatic nitrogens is 1. The van der Waals surface area contributed by atoms with Gasteiger partial charge in [-0.1, -0.05) is 12.1 Å². The van der Waals surface area contributed by atoms with Crippen LogP contribution in [0.1, 0.15) is 12.5 Å². The van der Waals surface area contributed by atoms with Crippen molar-refractivity contribution in [1.82, 2.24) is 9.88 Å². The highest BCUT2D eigenvalue weighted by atomic mass is 16.3. The number of aromatic hydroxyl groups is 1. The number of rotatable bonds is 3. The van der Waals surface area contributed by atoms with Crippen molar-refractivity contribution in [3.63, 3.8) is 0 Å². The summed E-state index contributed by atoms with van der Waals surface area (Å²) >= 11 is 0. The number of nitrogens with one attached hydrogen (secondary N) is 1. The van der Waals surface area contributed by atoms with Crippen molar-refractivity contribution in [2.45, 2.75) is 19.4 Å². The summed E-state index contributed by atoms with van der Waals surface area (Å²) in [7, 11) is 3.93. The average Bonchev–Trinajstić information content (AvgIpc) is 2.57. The van der Waals surface area contributed by atoms with Gasteiger partial charge in [0.1, 0.15) is 5.75 Å². The Kier molecular flexibility index (Phi) is 2.88. The number of para-hydroxylation sites is 1. The van der Waals surface area contributed by atoms with Crippen molar-refractivity contribution < 1.29 is 5.11 Å². The van der Waals surface area contributed by atoms with Crippen LogP contribution < -0.4 is 5.32 Å². The Morgan fingerprint density at radius 1 is 1.44 bits per heavy atom. The molecule has 2 N–H and O–H groups in total. The molecule has 86 valence electrons. The predicted molar refractivity (Wildman–Crippen MR) is 66.8 cm³/mol. The second kappa shape index (κ2) is 4.18. The molecule has 1 unspecified atom stereocenters. The zero-order chi connectivity index (χ0) is 11.7. The lowest BCUT2D eigenvalue weighted by molar-refractivity contribution is 0.479. The van der Waals surface area contributed by atoms with Gasteiger partial charge in [0.15, 0.2) is 0 Å². The topological polar surface area (TPSA) is 37.2 Å². The van der Waals surface area contributed by atoms with Gasteiger partial charge in [-0.25, -0.2) is 0 Å². The first kappa shape index (κ1) is 11.0. The summed E-state index contributed by atoms with van der Waals surface area (Å²) in [5, 5.41) is 14.2. The number of nitrogens with zero attached hydrogens (tertiary/aromatic N) is 1. The number of phenolic OH excluding ortho intramolecular Hbond substituents is 1. The fraction of sp³-hybridized carbons (Fsp3) is 0.385. The van der Waals surface area contributed by atoms with E-state index in [0.717, 1.165) is 17.3 Å². The summed E-state index contributed by atoms with van der Waals surface area (Å²) < 4.78 is 1.99. The van der Waals surface area contributed by atoms with Crippen LogP contribution >= 0.6 is 0 Å². The molecule has 16 heavy (non-hydrogen) atoms. The van der Waals surface area contributed by atoms with E-state index in [1.54, 1.807) is 6.07 Å². The molecule has 0 aliphatic carbocycles. The first-order valence-corrected chi connectivity index (χ1v) is 5.56. The Bertz CT molecular complexity index is 502. The Hall–Kier alpha value is -1.48. The van der Waals surface area contributed by atoms with Crippen molar-refractivity contribution in [3.8, 4) is 5.75 Å². The minimum atomic E-state index is 0.350. The van der Waals surface area contributed by atoms with Gasteiger partial charge in [0.25, 0.3) is 0 Å². The van der Waals surface area contributed by atoms with E-state index in [4.69, 9.17) is 0 Å². The first-order valence-electron chi connectivity index (χ1n) is 5.56. The summed E-state index contributed by atoms with van der Waals surface area (Å²) in [6.45, 7) is 2.15. The van der Waals surface area contributed by atoms with Crippen LogP contribution in [0, 0.1) is 0 Å². The Labute approximate surface area is 95.7 Å². The normalized spacial score (nSPS) is 13.2. The maximum atomic E-state index is 9.82. The minimum Gasteiger partial charge on any atom is -0.506 e. The molecular weight excluding hydrogens is 200 g/mol. The standard InChI is InChI=1S/C13H18N2O/c1-9(14-2)7-10-8-15(3)13-11(10)5-4-6-12(13)16/h4-6,8-9,14,16H,7H2,1-3H3. The van der Waals surface area contributed by atoms with E-state index < -0.39 is 0 Å². The number of hydrogen-bond donors (Lipinski definition) is 2. The molecule has 0 saturated heterocycles. The van der Waals surface area contributed by atoms with Gasteiger partial charge >= 0.3 is 0 Å². The Morgan fingerprint density at radius 3 is 2.88 bits per heavy atom. The van der Waals surface area contributed by atoms with Gasteiger partial charge in [-0.15, -0.1) is 0 Å². The lowest BCUT2D eigenvalue weighted by Gasteiger charge is -2.08. The van der Waals surface area contributed by atoms with E-state index in [2.05, 4.69) is 24.5 Å². The molecule has 0 radical (unpaired) electrons. The summed E-state index contributed by atoms with van der Waals surface area (Å²) in [6.07, 6.45) is 3.06. The molecule has 2 aromatic rings. The SMILES string of the molecule is CNC(C)Cc1cn(C)c2c(O)cccc12. The summed E-state index contributed by atoms with van der Waals surface area (Å²) in [5.74, 6) is 0.350. The fourth-order valence-corrected chi connectivity index (χ4v) is 2.12. The predicted octanol–water partition coefficient (Wildman–Crippen LogP) is 2.03. The molecule has 0 spiro atoms. The highest BCUT2D eigenvalue weighted by molar-refractivity contribution is 5.88. The van der Waals surface area contributed by atoms with Crippen LogP contribution in [0.15, 0.2) is 24.4 Å². The van der Waals surface area contributed by atoms with Crippen LogP contribution in [-0.2, 0) is 13.5 Å². The third-order valence-corrected chi connectivity index (χ3v) is 3.08. The zero-order valence-corrected chi connectivity index (χ0v) is 9.99. The molecule has 0 aliphatic heterocycles. The van der Waals surface area contributed by atoms with Gasteiger partial charge in [-0.3, -0.25) is 0 Å². The number of phenols is 1. The van der Waals surface area contributed by atoms with E-state index in [9.17, 15) is 5.11 Å². The third kappa shape index (κ3) is 1.78. The van der Waals surface area contributed by atoms with E-state index in [0.29, 0.717) is 11.8 Å².